The van der Waals surface area contributed by atoms with Crippen molar-refractivity contribution in [3.8, 4) is 9.75 Å². The van der Waals surface area contributed by atoms with Gasteiger partial charge < -0.3 is 5.11 Å². The number of amides is 1. The molecular weight excluding hydrogens is 362 g/mol. The van der Waals surface area contributed by atoms with Crippen LogP contribution in [0.3, 0.4) is 0 Å². The molecule has 0 spiro atoms. The van der Waals surface area contributed by atoms with Crippen molar-refractivity contribution >= 4 is 40.3 Å². The Hall–Kier alpha value is -0.860. The minimum Gasteiger partial charge on any atom is -0.371 e. The normalized spacial score (nSPS) is 13.7. The van der Waals surface area contributed by atoms with E-state index < -0.39 is 10.8 Å². The molecule has 0 aliphatic carbocycles. The molecule has 4 nitrogen and oxygen atoms in total. The summed E-state index contributed by atoms with van der Waals surface area (Å²) in [6.45, 7) is 2.12. The second kappa shape index (κ2) is 9.01. The molecule has 0 bridgehead atoms. The van der Waals surface area contributed by atoms with Gasteiger partial charge in [0, 0.05) is 19.5 Å². The average molecular weight is 386 g/mol. The molecule has 132 valence electrons. The van der Waals surface area contributed by atoms with Crippen molar-refractivity contribution in [3.05, 3.63) is 34.0 Å². The van der Waals surface area contributed by atoms with Gasteiger partial charge in [-0.05, 0) is 63.1 Å². The van der Waals surface area contributed by atoms with Gasteiger partial charge in [-0.2, -0.15) is 0 Å². The third-order valence-corrected chi connectivity index (χ3v) is 7.28. The number of unbranched alkanes of at least 4 members (excludes halogenated alkanes) is 2. The summed E-state index contributed by atoms with van der Waals surface area (Å²) in [5.74, 6) is -0.746. The first-order valence-corrected chi connectivity index (χ1v) is 10.7. The van der Waals surface area contributed by atoms with E-state index >= 15 is 0 Å². The summed E-state index contributed by atoms with van der Waals surface area (Å²) < 4.78 is 0. The number of hydrogen-bond acceptors (Lipinski definition) is 6. The zero-order valence-corrected chi connectivity index (χ0v) is 16.3. The minimum absolute atomic E-state index is 0.338. The predicted octanol–water partition coefficient (Wildman–Crippen LogP) is 4.44. The first kappa shape index (κ1) is 19.5. The average Bonchev–Trinajstić information content (AvgIpc) is 3.22. The SMILES string of the molecule is CSC(O)(CCCCCc1ccc(-c2ccc(C)s2)s1)C(=O)NO. The van der Waals surface area contributed by atoms with Crippen molar-refractivity contribution < 1.29 is 15.1 Å². The third-order valence-electron chi connectivity index (χ3n) is 3.88. The van der Waals surface area contributed by atoms with Crippen molar-refractivity contribution in [2.24, 2.45) is 0 Å². The molecule has 2 heterocycles. The number of aryl methyl sites for hydroxylation is 2. The summed E-state index contributed by atoms with van der Waals surface area (Å²) in [5.41, 5.74) is 1.54. The largest absolute Gasteiger partial charge is 0.371 e. The Morgan fingerprint density at radius 2 is 1.88 bits per heavy atom. The van der Waals surface area contributed by atoms with Crippen LogP contribution in [0.15, 0.2) is 24.3 Å². The van der Waals surface area contributed by atoms with Gasteiger partial charge in [0.1, 0.15) is 0 Å². The van der Waals surface area contributed by atoms with Crippen LogP contribution in [-0.4, -0.2) is 27.4 Å². The number of thiophene rings is 2. The van der Waals surface area contributed by atoms with Crippen molar-refractivity contribution in [3.63, 3.8) is 0 Å². The van der Waals surface area contributed by atoms with E-state index in [4.69, 9.17) is 5.21 Å². The van der Waals surface area contributed by atoms with Gasteiger partial charge in [-0.15, -0.1) is 34.4 Å². The van der Waals surface area contributed by atoms with Gasteiger partial charge in [-0.1, -0.05) is 6.42 Å². The molecule has 2 aromatic heterocycles. The van der Waals surface area contributed by atoms with E-state index in [1.165, 1.54) is 25.0 Å². The van der Waals surface area contributed by atoms with Crippen molar-refractivity contribution in [1.29, 1.82) is 0 Å². The molecule has 24 heavy (non-hydrogen) atoms. The van der Waals surface area contributed by atoms with Gasteiger partial charge in [0.25, 0.3) is 5.91 Å². The highest BCUT2D eigenvalue weighted by molar-refractivity contribution is 8.00. The lowest BCUT2D eigenvalue weighted by Gasteiger charge is -2.22. The quantitative estimate of drug-likeness (QED) is 0.258. The molecule has 0 radical (unpaired) electrons. The molecular formula is C17H23NO3S3. The van der Waals surface area contributed by atoms with Gasteiger partial charge >= 0.3 is 0 Å². The molecule has 2 aromatic rings. The molecule has 7 heteroatoms. The van der Waals surface area contributed by atoms with Crippen molar-refractivity contribution in [2.45, 2.75) is 44.0 Å². The monoisotopic (exact) mass is 385 g/mol. The highest BCUT2D eigenvalue weighted by atomic mass is 32.2. The van der Waals surface area contributed by atoms with Gasteiger partial charge in [-0.25, -0.2) is 5.48 Å². The topological polar surface area (TPSA) is 69.6 Å². The summed E-state index contributed by atoms with van der Waals surface area (Å²) in [5, 5.41) is 18.8. The molecule has 2 rings (SSSR count). The standard InChI is InChI=1S/C17H23NO3S3/c1-12-7-9-14(23-12)15-10-8-13(24-15)6-4-3-5-11-17(20,22-2)16(19)18-21/h7-10,20-21H,3-6,11H2,1-2H3,(H,18,19). The molecule has 1 unspecified atom stereocenters. The molecule has 1 amide bonds. The van der Waals surface area contributed by atoms with E-state index in [-0.39, 0.29) is 0 Å². The van der Waals surface area contributed by atoms with Gasteiger partial charge in [-0.3, -0.25) is 10.0 Å². The fourth-order valence-electron chi connectivity index (χ4n) is 2.45. The highest BCUT2D eigenvalue weighted by Gasteiger charge is 2.34. The summed E-state index contributed by atoms with van der Waals surface area (Å²) in [7, 11) is 0. The Labute approximate surface area is 154 Å². The Morgan fingerprint density at radius 3 is 2.50 bits per heavy atom. The minimum atomic E-state index is -1.54. The van der Waals surface area contributed by atoms with Crippen LogP contribution in [0.25, 0.3) is 9.75 Å². The number of carbonyl (C=O) groups excluding carboxylic acids is 1. The van der Waals surface area contributed by atoms with Crippen LogP contribution in [0.5, 0.6) is 0 Å². The maximum Gasteiger partial charge on any atom is 0.285 e. The fraction of sp³-hybridized carbons (Fsp3) is 0.471. The lowest BCUT2D eigenvalue weighted by molar-refractivity contribution is -0.140. The Balaban J connectivity index is 1.75. The second-order valence-electron chi connectivity index (χ2n) is 5.67. The van der Waals surface area contributed by atoms with Gasteiger partial charge in [0.15, 0.2) is 4.93 Å². The first-order valence-electron chi connectivity index (χ1n) is 7.86. The number of thioether (sulfide) groups is 1. The van der Waals surface area contributed by atoms with Crippen LogP contribution in [0.1, 0.15) is 35.4 Å². The molecule has 0 aliphatic rings. The first-order chi connectivity index (χ1) is 11.5. The van der Waals surface area contributed by atoms with E-state index in [0.29, 0.717) is 6.42 Å². The van der Waals surface area contributed by atoms with Crippen molar-refractivity contribution in [1.82, 2.24) is 5.48 Å². The Bertz CT molecular complexity index is 668. The second-order valence-corrected chi connectivity index (χ2v) is 9.21. The van der Waals surface area contributed by atoms with E-state index in [1.807, 2.05) is 22.7 Å². The van der Waals surface area contributed by atoms with Crippen LogP contribution in [0, 0.1) is 6.92 Å². The van der Waals surface area contributed by atoms with Crippen molar-refractivity contribution in [2.75, 3.05) is 6.26 Å². The summed E-state index contributed by atoms with van der Waals surface area (Å²) >= 11 is 4.70. The Kier molecular flexibility index (Phi) is 7.31. The number of hydroxylamine groups is 1. The van der Waals surface area contributed by atoms with Crippen LogP contribution in [0.4, 0.5) is 0 Å². The number of hydrogen-bond donors (Lipinski definition) is 3. The highest BCUT2D eigenvalue weighted by Crippen LogP contribution is 2.34. The Morgan fingerprint density at radius 1 is 1.17 bits per heavy atom. The van der Waals surface area contributed by atoms with E-state index in [2.05, 4.69) is 31.2 Å². The molecule has 0 fully saturated rings. The van der Waals surface area contributed by atoms with Crippen LogP contribution in [-0.2, 0) is 11.2 Å². The van der Waals surface area contributed by atoms with Gasteiger partial charge in [0.05, 0.1) is 0 Å². The number of aliphatic hydroxyl groups is 1. The smallest absolute Gasteiger partial charge is 0.285 e. The number of nitrogens with one attached hydrogen (secondary N) is 1. The van der Waals surface area contributed by atoms with E-state index in [1.54, 1.807) is 6.26 Å². The van der Waals surface area contributed by atoms with Crippen LogP contribution < -0.4 is 5.48 Å². The summed E-state index contributed by atoms with van der Waals surface area (Å²) in [6, 6.07) is 8.69. The molecule has 1 atom stereocenters. The maximum atomic E-state index is 11.5. The summed E-state index contributed by atoms with van der Waals surface area (Å²) in [4.78, 5) is 15.3. The molecule has 0 saturated heterocycles. The zero-order chi connectivity index (χ0) is 17.6. The summed E-state index contributed by atoms with van der Waals surface area (Å²) in [6.07, 6.45) is 5.72. The molecule has 0 aromatic carbocycles. The van der Waals surface area contributed by atoms with Crippen LogP contribution in [0.2, 0.25) is 0 Å². The maximum absolute atomic E-state index is 11.5. The lowest BCUT2D eigenvalue weighted by atomic mass is 10.1. The molecule has 0 saturated carbocycles. The van der Waals surface area contributed by atoms with Gasteiger partial charge in [0.2, 0.25) is 0 Å². The lowest BCUT2D eigenvalue weighted by Crippen LogP contribution is -2.42. The van der Waals surface area contributed by atoms with E-state index in [9.17, 15) is 9.90 Å². The molecule has 0 aliphatic heterocycles. The third kappa shape index (κ3) is 5.07. The van der Waals surface area contributed by atoms with Crippen LogP contribution >= 0.6 is 34.4 Å². The molecule has 3 N–H and O–H groups in total. The number of carbonyl (C=O) groups is 1. The number of rotatable bonds is 9. The predicted molar refractivity (Wildman–Crippen MR) is 103 cm³/mol. The van der Waals surface area contributed by atoms with E-state index in [0.717, 1.165) is 37.4 Å². The fourth-order valence-corrected chi connectivity index (χ4v) is 5.03. The zero-order valence-electron chi connectivity index (χ0n) is 13.9.